The topological polar surface area (TPSA) is 45.2 Å². The van der Waals surface area contributed by atoms with Gasteiger partial charge < -0.3 is 4.90 Å². The van der Waals surface area contributed by atoms with E-state index < -0.39 is 11.9 Å². The summed E-state index contributed by atoms with van der Waals surface area (Å²) in [6, 6.07) is 4.64. The molecule has 2 aromatic heterocycles. The highest BCUT2D eigenvalue weighted by atomic mass is 19.4. The zero-order valence-electron chi connectivity index (χ0n) is 13.3. The van der Waals surface area contributed by atoms with Gasteiger partial charge in [0.25, 0.3) is 0 Å². The van der Waals surface area contributed by atoms with E-state index in [0.29, 0.717) is 12.1 Å². The van der Waals surface area contributed by atoms with Crippen molar-refractivity contribution in [2.45, 2.75) is 19.6 Å². The van der Waals surface area contributed by atoms with Crippen LogP contribution in [0.5, 0.6) is 0 Å². The SMILES string of the molecule is Cc1nccc(N2CCN(Cc3ccnc(C(F)(F)F)c3)CC2)n1. The minimum atomic E-state index is -4.40. The van der Waals surface area contributed by atoms with Gasteiger partial charge in [-0.05, 0) is 30.7 Å². The highest BCUT2D eigenvalue weighted by Gasteiger charge is 2.32. The first-order valence-electron chi connectivity index (χ1n) is 7.71. The number of piperazine rings is 1. The van der Waals surface area contributed by atoms with Crippen LogP contribution < -0.4 is 4.90 Å². The largest absolute Gasteiger partial charge is 0.433 e. The fourth-order valence-corrected chi connectivity index (χ4v) is 2.74. The lowest BCUT2D eigenvalue weighted by Crippen LogP contribution is -2.46. The van der Waals surface area contributed by atoms with Gasteiger partial charge in [0, 0.05) is 45.1 Å². The van der Waals surface area contributed by atoms with Crippen molar-refractivity contribution in [3.63, 3.8) is 0 Å². The summed E-state index contributed by atoms with van der Waals surface area (Å²) in [5.74, 6) is 1.62. The standard InChI is InChI=1S/C16H18F3N5/c1-12-20-5-3-15(22-12)24-8-6-23(7-9-24)11-13-2-4-21-14(10-13)16(17,18)19/h2-5,10H,6-9,11H2,1H3. The van der Waals surface area contributed by atoms with Crippen molar-refractivity contribution in [2.75, 3.05) is 31.1 Å². The summed E-state index contributed by atoms with van der Waals surface area (Å²) in [4.78, 5) is 16.2. The molecule has 1 aliphatic rings. The third-order valence-corrected chi connectivity index (χ3v) is 3.98. The molecule has 0 amide bonds. The van der Waals surface area contributed by atoms with Crippen LogP contribution in [0.4, 0.5) is 19.0 Å². The number of hydrogen-bond acceptors (Lipinski definition) is 5. The van der Waals surface area contributed by atoms with Crippen molar-refractivity contribution in [3.8, 4) is 0 Å². The Morgan fingerprint density at radius 1 is 1.04 bits per heavy atom. The molecule has 0 spiro atoms. The van der Waals surface area contributed by atoms with Crippen molar-refractivity contribution in [3.05, 3.63) is 47.7 Å². The molecule has 0 radical (unpaired) electrons. The molecule has 3 heterocycles. The second-order valence-corrected chi connectivity index (χ2v) is 5.77. The molecular weight excluding hydrogens is 319 g/mol. The molecule has 1 aliphatic heterocycles. The van der Waals surface area contributed by atoms with E-state index in [1.165, 1.54) is 6.20 Å². The van der Waals surface area contributed by atoms with E-state index >= 15 is 0 Å². The molecular formula is C16H18F3N5. The molecule has 0 unspecified atom stereocenters. The Kier molecular flexibility index (Phi) is 4.66. The highest BCUT2D eigenvalue weighted by molar-refractivity contribution is 5.38. The van der Waals surface area contributed by atoms with E-state index in [-0.39, 0.29) is 0 Å². The Bertz CT molecular complexity index is 696. The van der Waals surface area contributed by atoms with Crippen LogP contribution in [0.15, 0.2) is 30.6 Å². The normalized spacial score (nSPS) is 16.4. The fourth-order valence-electron chi connectivity index (χ4n) is 2.74. The first kappa shape index (κ1) is 16.6. The number of halogens is 3. The van der Waals surface area contributed by atoms with E-state index in [2.05, 4.69) is 24.8 Å². The number of aromatic nitrogens is 3. The maximum Gasteiger partial charge on any atom is 0.433 e. The van der Waals surface area contributed by atoms with Crippen molar-refractivity contribution in [1.29, 1.82) is 0 Å². The number of nitrogens with zero attached hydrogens (tertiary/aromatic N) is 5. The summed E-state index contributed by atoms with van der Waals surface area (Å²) in [6.45, 7) is 5.45. The maximum absolute atomic E-state index is 12.7. The van der Waals surface area contributed by atoms with E-state index in [0.717, 1.165) is 43.9 Å². The molecule has 0 aliphatic carbocycles. The summed E-state index contributed by atoms with van der Waals surface area (Å²) in [7, 11) is 0. The molecule has 128 valence electrons. The predicted molar refractivity (Wildman–Crippen MR) is 83.5 cm³/mol. The Balaban J connectivity index is 1.60. The quantitative estimate of drug-likeness (QED) is 0.861. The second-order valence-electron chi connectivity index (χ2n) is 5.77. The van der Waals surface area contributed by atoms with Crippen molar-refractivity contribution in [2.24, 2.45) is 0 Å². The molecule has 0 aromatic carbocycles. The van der Waals surface area contributed by atoms with Crippen LogP contribution in [0.3, 0.4) is 0 Å². The first-order valence-corrected chi connectivity index (χ1v) is 7.71. The van der Waals surface area contributed by atoms with Crippen LogP contribution in [0.1, 0.15) is 17.1 Å². The highest BCUT2D eigenvalue weighted by Crippen LogP contribution is 2.28. The Morgan fingerprint density at radius 2 is 1.75 bits per heavy atom. The molecule has 0 atom stereocenters. The van der Waals surface area contributed by atoms with Crippen LogP contribution in [-0.4, -0.2) is 46.0 Å². The minimum Gasteiger partial charge on any atom is -0.354 e. The minimum absolute atomic E-state index is 0.488. The summed E-state index contributed by atoms with van der Waals surface area (Å²) >= 11 is 0. The monoisotopic (exact) mass is 337 g/mol. The molecule has 3 rings (SSSR count). The molecule has 1 fully saturated rings. The lowest BCUT2D eigenvalue weighted by atomic mass is 10.2. The third-order valence-electron chi connectivity index (χ3n) is 3.98. The summed E-state index contributed by atoms with van der Waals surface area (Å²) in [6.07, 6.45) is -1.45. The van der Waals surface area contributed by atoms with Gasteiger partial charge in [-0.15, -0.1) is 0 Å². The summed E-state index contributed by atoms with van der Waals surface area (Å²) in [5, 5.41) is 0. The predicted octanol–water partition coefficient (Wildman–Crippen LogP) is 2.52. The van der Waals surface area contributed by atoms with Gasteiger partial charge in [-0.3, -0.25) is 9.88 Å². The van der Waals surface area contributed by atoms with Gasteiger partial charge >= 0.3 is 6.18 Å². The zero-order chi connectivity index (χ0) is 17.2. The van der Waals surface area contributed by atoms with Crippen LogP contribution >= 0.6 is 0 Å². The fraction of sp³-hybridized carbons (Fsp3) is 0.438. The van der Waals surface area contributed by atoms with Crippen LogP contribution in [-0.2, 0) is 12.7 Å². The maximum atomic E-state index is 12.7. The average Bonchev–Trinajstić information content (AvgIpc) is 2.55. The van der Waals surface area contributed by atoms with Crippen LogP contribution in [0.2, 0.25) is 0 Å². The average molecular weight is 337 g/mol. The number of hydrogen-bond donors (Lipinski definition) is 0. The first-order chi connectivity index (χ1) is 11.4. The van der Waals surface area contributed by atoms with Crippen molar-refractivity contribution < 1.29 is 13.2 Å². The van der Waals surface area contributed by atoms with Gasteiger partial charge in [-0.1, -0.05) is 0 Å². The van der Waals surface area contributed by atoms with Crippen molar-refractivity contribution >= 4 is 5.82 Å². The summed E-state index contributed by atoms with van der Waals surface area (Å²) < 4.78 is 38.2. The van der Waals surface area contributed by atoms with Gasteiger partial charge in [-0.2, -0.15) is 13.2 Å². The molecule has 24 heavy (non-hydrogen) atoms. The van der Waals surface area contributed by atoms with Crippen LogP contribution in [0.25, 0.3) is 0 Å². The van der Waals surface area contributed by atoms with E-state index in [1.54, 1.807) is 12.3 Å². The molecule has 2 aromatic rings. The Labute approximate surface area is 138 Å². The number of alkyl halides is 3. The molecule has 8 heteroatoms. The Hall–Kier alpha value is -2.22. The van der Waals surface area contributed by atoms with Crippen molar-refractivity contribution in [1.82, 2.24) is 19.9 Å². The Morgan fingerprint density at radius 3 is 2.42 bits per heavy atom. The number of aryl methyl sites for hydroxylation is 1. The van der Waals surface area contributed by atoms with Crippen LogP contribution in [0, 0.1) is 6.92 Å². The van der Waals surface area contributed by atoms with Gasteiger partial charge in [0.05, 0.1) is 0 Å². The molecule has 5 nitrogen and oxygen atoms in total. The number of pyridine rings is 1. The third kappa shape index (κ3) is 4.00. The summed E-state index contributed by atoms with van der Waals surface area (Å²) in [5.41, 5.74) is -0.209. The number of anilines is 1. The lowest BCUT2D eigenvalue weighted by molar-refractivity contribution is -0.141. The van der Waals surface area contributed by atoms with Gasteiger partial charge in [0.2, 0.25) is 0 Å². The van der Waals surface area contributed by atoms with E-state index in [9.17, 15) is 13.2 Å². The molecule has 0 saturated carbocycles. The molecule has 0 N–H and O–H groups in total. The molecule has 0 bridgehead atoms. The smallest absolute Gasteiger partial charge is 0.354 e. The van der Waals surface area contributed by atoms with Gasteiger partial charge in [0.1, 0.15) is 17.3 Å². The lowest BCUT2D eigenvalue weighted by Gasteiger charge is -2.35. The van der Waals surface area contributed by atoms with E-state index in [4.69, 9.17) is 0 Å². The number of rotatable bonds is 3. The molecule has 1 saturated heterocycles. The van der Waals surface area contributed by atoms with Gasteiger partial charge in [0.15, 0.2) is 0 Å². The van der Waals surface area contributed by atoms with Gasteiger partial charge in [-0.25, -0.2) is 9.97 Å². The van der Waals surface area contributed by atoms with E-state index in [1.807, 2.05) is 13.0 Å². The zero-order valence-corrected chi connectivity index (χ0v) is 13.3. The second kappa shape index (κ2) is 6.72.